The molecule has 112 valence electrons. The summed E-state index contributed by atoms with van der Waals surface area (Å²) in [5.74, 6) is 6.22. The molecule has 0 aliphatic carbocycles. The van der Waals surface area contributed by atoms with Crippen LogP contribution in [0.5, 0.6) is 6.01 Å². The lowest BCUT2D eigenvalue weighted by molar-refractivity contribution is 0.312. The average molecular weight is 288 g/mol. The Hall–Kier alpha value is -2.41. The first-order valence-electron chi connectivity index (χ1n) is 6.91. The molecule has 0 amide bonds. The van der Waals surface area contributed by atoms with Crippen LogP contribution < -0.4 is 20.9 Å². The van der Waals surface area contributed by atoms with Crippen molar-refractivity contribution in [2.45, 2.75) is 20.4 Å². The van der Waals surface area contributed by atoms with Gasteiger partial charge in [-0.2, -0.15) is 15.0 Å². The van der Waals surface area contributed by atoms with Crippen molar-refractivity contribution >= 4 is 11.9 Å². The van der Waals surface area contributed by atoms with E-state index >= 15 is 0 Å². The number of benzene rings is 1. The molecule has 1 aromatic heterocycles. The third-order valence-corrected chi connectivity index (χ3v) is 2.89. The van der Waals surface area contributed by atoms with Crippen molar-refractivity contribution < 1.29 is 4.74 Å². The Bertz CT molecular complexity index is 563. The number of hydrazine groups is 1. The number of nitrogens with one attached hydrogen (secondary N) is 1. The summed E-state index contributed by atoms with van der Waals surface area (Å²) in [5, 5.41) is 0. The van der Waals surface area contributed by atoms with Gasteiger partial charge in [0.25, 0.3) is 0 Å². The minimum atomic E-state index is 0.266. The lowest BCUT2D eigenvalue weighted by atomic mass is 10.2. The summed E-state index contributed by atoms with van der Waals surface area (Å²) < 4.78 is 5.35. The van der Waals surface area contributed by atoms with Crippen LogP contribution in [-0.2, 0) is 6.54 Å². The third-order valence-electron chi connectivity index (χ3n) is 2.89. The van der Waals surface area contributed by atoms with Gasteiger partial charge in [-0.05, 0) is 19.4 Å². The van der Waals surface area contributed by atoms with E-state index in [1.165, 1.54) is 5.56 Å². The molecule has 0 spiro atoms. The van der Waals surface area contributed by atoms with E-state index in [1.807, 2.05) is 36.9 Å². The number of nitrogen functional groups attached to an aromatic ring is 1. The van der Waals surface area contributed by atoms with E-state index in [0.717, 1.165) is 6.54 Å². The monoisotopic (exact) mass is 288 g/mol. The maximum atomic E-state index is 5.40. The molecule has 7 heteroatoms. The average Bonchev–Trinajstić information content (AvgIpc) is 2.53. The van der Waals surface area contributed by atoms with Gasteiger partial charge < -0.3 is 9.64 Å². The summed E-state index contributed by atoms with van der Waals surface area (Å²) in [4.78, 5) is 14.7. The van der Waals surface area contributed by atoms with Gasteiger partial charge in [0.15, 0.2) is 0 Å². The van der Waals surface area contributed by atoms with E-state index < -0.39 is 0 Å². The zero-order valence-electron chi connectivity index (χ0n) is 12.3. The Kier molecular flexibility index (Phi) is 5.28. The number of aromatic nitrogens is 3. The van der Waals surface area contributed by atoms with Crippen LogP contribution in [0.1, 0.15) is 19.4 Å². The molecule has 1 aromatic carbocycles. The standard InChI is InChI=1S/C14H20N6O/c1-3-20(10-11-8-6-5-7-9-11)13-16-12(19-15)17-14(18-13)21-4-2/h5-9H,3-4,10,15H2,1-2H3,(H,16,17,18,19). The van der Waals surface area contributed by atoms with Gasteiger partial charge in [-0.3, -0.25) is 5.43 Å². The molecule has 2 rings (SSSR count). The van der Waals surface area contributed by atoms with Crippen LogP contribution in [-0.4, -0.2) is 28.1 Å². The summed E-state index contributed by atoms with van der Waals surface area (Å²) in [6, 6.07) is 10.4. The number of nitrogens with two attached hydrogens (primary N) is 1. The van der Waals surface area contributed by atoms with E-state index in [4.69, 9.17) is 10.6 Å². The Labute approximate surface area is 124 Å². The first kappa shape index (κ1) is 15.0. The topological polar surface area (TPSA) is 89.2 Å². The van der Waals surface area contributed by atoms with Crippen LogP contribution in [0.25, 0.3) is 0 Å². The largest absolute Gasteiger partial charge is 0.464 e. The van der Waals surface area contributed by atoms with E-state index in [-0.39, 0.29) is 12.0 Å². The number of hydrogen-bond donors (Lipinski definition) is 2. The number of ether oxygens (including phenoxy) is 1. The van der Waals surface area contributed by atoms with Crippen molar-refractivity contribution in [3.8, 4) is 6.01 Å². The highest BCUT2D eigenvalue weighted by atomic mass is 16.5. The highest BCUT2D eigenvalue weighted by Crippen LogP contribution is 2.17. The molecule has 1 heterocycles. The molecule has 0 saturated carbocycles. The van der Waals surface area contributed by atoms with E-state index in [9.17, 15) is 0 Å². The first-order chi connectivity index (χ1) is 10.3. The van der Waals surface area contributed by atoms with Crippen molar-refractivity contribution in [3.05, 3.63) is 35.9 Å². The van der Waals surface area contributed by atoms with E-state index in [1.54, 1.807) is 0 Å². The smallest absolute Gasteiger partial charge is 0.323 e. The molecular formula is C14H20N6O. The molecule has 0 bridgehead atoms. The minimum absolute atomic E-state index is 0.266. The minimum Gasteiger partial charge on any atom is -0.464 e. The van der Waals surface area contributed by atoms with E-state index in [2.05, 4.69) is 32.5 Å². The fourth-order valence-electron chi connectivity index (χ4n) is 1.87. The number of anilines is 2. The summed E-state index contributed by atoms with van der Waals surface area (Å²) in [6.07, 6.45) is 0. The van der Waals surface area contributed by atoms with Gasteiger partial charge in [0.1, 0.15) is 0 Å². The van der Waals surface area contributed by atoms with Gasteiger partial charge in [-0.1, -0.05) is 30.3 Å². The predicted octanol–water partition coefficient (Wildman–Crippen LogP) is 1.58. The molecule has 7 nitrogen and oxygen atoms in total. The molecule has 0 unspecified atom stereocenters. The van der Waals surface area contributed by atoms with Crippen LogP contribution in [0.4, 0.5) is 11.9 Å². The first-order valence-corrected chi connectivity index (χ1v) is 6.91. The van der Waals surface area contributed by atoms with Crippen molar-refractivity contribution in [3.63, 3.8) is 0 Å². The van der Waals surface area contributed by atoms with Crippen molar-refractivity contribution in [2.75, 3.05) is 23.5 Å². The summed E-state index contributed by atoms with van der Waals surface area (Å²) in [5.41, 5.74) is 3.62. The van der Waals surface area contributed by atoms with Crippen molar-refractivity contribution in [1.82, 2.24) is 15.0 Å². The second-order valence-electron chi connectivity index (χ2n) is 4.32. The van der Waals surface area contributed by atoms with Crippen molar-refractivity contribution in [2.24, 2.45) is 5.84 Å². The fraction of sp³-hybridized carbons (Fsp3) is 0.357. The molecule has 0 aliphatic rings. The van der Waals surface area contributed by atoms with Crippen molar-refractivity contribution in [1.29, 1.82) is 0 Å². The predicted molar refractivity (Wildman–Crippen MR) is 82.0 cm³/mol. The highest BCUT2D eigenvalue weighted by Gasteiger charge is 2.13. The van der Waals surface area contributed by atoms with Crippen LogP contribution in [0.3, 0.4) is 0 Å². The number of hydrogen-bond acceptors (Lipinski definition) is 7. The quantitative estimate of drug-likeness (QED) is 0.590. The zero-order valence-corrected chi connectivity index (χ0v) is 12.3. The van der Waals surface area contributed by atoms with Gasteiger partial charge in [0, 0.05) is 13.1 Å². The maximum Gasteiger partial charge on any atom is 0.323 e. The normalized spacial score (nSPS) is 10.2. The Morgan fingerprint density at radius 3 is 2.52 bits per heavy atom. The Morgan fingerprint density at radius 2 is 1.90 bits per heavy atom. The summed E-state index contributed by atoms with van der Waals surface area (Å²) >= 11 is 0. The third kappa shape index (κ3) is 4.03. The maximum absolute atomic E-state index is 5.40. The lowest BCUT2D eigenvalue weighted by Gasteiger charge is -2.21. The SMILES string of the molecule is CCOc1nc(NN)nc(N(CC)Cc2ccccc2)n1. The molecule has 0 fully saturated rings. The summed E-state index contributed by atoms with van der Waals surface area (Å²) in [6.45, 7) is 5.87. The Balaban J connectivity index is 2.26. The van der Waals surface area contributed by atoms with Gasteiger partial charge in [0.2, 0.25) is 11.9 Å². The molecule has 2 aromatic rings. The summed E-state index contributed by atoms with van der Waals surface area (Å²) in [7, 11) is 0. The second-order valence-corrected chi connectivity index (χ2v) is 4.32. The molecular weight excluding hydrogens is 268 g/mol. The zero-order chi connectivity index (χ0) is 15.1. The van der Waals surface area contributed by atoms with E-state index in [0.29, 0.717) is 19.1 Å². The van der Waals surface area contributed by atoms with Gasteiger partial charge in [-0.25, -0.2) is 5.84 Å². The molecule has 0 saturated heterocycles. The lowest BCUT2D eigenvalue weighted by Crippen LogP contribution is -2.25. The van der Waals surface area contributed by atoms with Crippen LogP contribution in [0.2, 0.25) is 0 Å². The highest BCUT2D eigenvalue weighted by molar-refractivity contribution is 5.38. The van der Waals surface area contributed by atoms with Gasteiger partial charge in [-0.15, -0.1) is 0 Å². The van der Waals surface area contributed by atoms with Gasteiger partial charge >= 0.3 is 6.01 Å². The number of nitrogens with zero attached hydrogens (tertiary/aromatic N) is 4. The van der Waals surface area contributed by atoms with Crippen LogP contribution in [0.15, 0.2) is 30.3 Å². The molecule has 21 heavy (non-hydrogen) atoms. The molecule has 0 atom stereocenters. The molecule has 0 radical (unpaired) electrons. The van der Waals surface area contributed by atoms with Gasteiger partial charge in [0.05, 0.1) is 6.61 Å². The molecule has 0 aliphatic heterocycles. The van der Waals surface area contributed by atoms with Crippen LogP contribution >= 0.6 is 0 Å². The fourth-order valence-corrected chi connectivity index (χ4v) is 1.87. The molecule has 3 N–H and O–H groups in total. The Morgan fingerprint density at radius 1 is 1.14 bits per heavy atom. The number of rotatable bonds is 7. The second kappa shape index (κ2) is 7.39. The van der Waals surface area contributed by atoms with Crippen LogP contribution in [0, 0.1) is 0 Å².